The van der Waals surface area contributed by atoms with Crippen molar-refractivity contribution in [2.24, 2.45) is 0 Å². The van der Waals surface area contributed by atoms with Gasteiger partial charge in [-0.2, -0.15) is 9.97 Å². The average molecular weight is 487 g/mol. The van der Waals surface area contributed by atoms with Crippen molar-refractivity contribution in [3.05, 3.63) is 71.3 Å². The summed E-state index contributed by atoms with van der Waals surface area (Å²) in [5, 5.41) is 2.76. The summed E-state index contributed by atoms with van der Waals surface area (Å²) in [4.78, 5) is 21.6. The van der Waals surface area contributed by atoms with Crippen LogP contribution < -0.4 is 19.5 Å². The van der Waals surface area contributed by atoms with Gasteiger partial charge in [0.05, 0.1) is 25.8 Å². The molecule has 1 unspecified atom stereocenters. The lowest BCUT2D eigenvalue weighted by Crippen LogP contribution is -2.29. The number of rotatable bonds is 10. The van der Waals surface area contributed by atoms with Gasteiger partial charge in [-0.15, -0.1) is 0 Å². The van der Waals surface area contributed by atoms with E-state index >= 15 is 0 Å². The molecule has 0 spiro atoms. The van der Waals surface area contributed by atoms with Crippen LogP contribution in [0.1, 0.15) is 27.3 Å². The third kappa shape index (κ3) is 5.72. The van der Waals surface area contributed by atoms with E-state index in [1.54, 1.807) is 36.4 Å². The van der Waals surface area contributed by atoms with Crippen molar-refractivity contribution >= 4 is 13.5 Å². The van der Waals surface area contributed by atoms with Gasteiger partial charge in [0.25, 0.3) is 5.91 Å². The summed E-state index contributed by atoms with van der Waals surface area (Å²) < 4.78 is 39.7. The molecule has 1 N–H and O–H groups in total. The number of benzene rings is 2. The lowest BCUT2D eigenvalue weighted by atomic mass is 10.1. The van der Waals surface area contributed by atoms with Crippen molar-refractivity contribution in [3.8, 4) is 23.5 Å². The molecule has 0 fully saturated rings. The van der Waals surface area contributed by atoms with Crippen LogP contribution >= 0.6 is 7.60 Å². The van der Waals surface area contributed by atoms with Gasteiger partial charge in [0.15, 0.2) is 5.78 Å². The fraction of sp³-hybridized carbons (Fsp3) is 0.261. The van der Waals surface area contributed by atoms with Gasteiger partial charge in [-0.05, 0) is 24.6 Å². The van der Waals surface area contributed by atoms with Gasteiger partial charge in [0.2, 0.25) is 11.8 Å². The summed E-state index contributed by atoms with van der Waals surface area (Å²) in [6.07, 6.45) is 0. The van der Waals surface area contributed by atoms with Crippen molar-refractivity contribution in [2.45, 2.75) is 12.7 Å². The van der Waals surface area contributed by atoms with E-state index in [9.17, 15) is 9.36 Å². The second-order valence-electron chi connectivity index (χ2n) is 7.03. The van der Waals surface area contributed by atoms with Crippen molar-refractivity contribution in [2.75, 3.05) is 28.4 Å². The minimum atomic E-state index is -3.74. The monoisotopic (exact) mass is 487 g/mol. The van der Waals surface area contributed by atoms with Crippen LogP contribution in [0.4, 0.5) is 0 Å². The van der Waals surface area contributed by atoms with Gasteiger partial charge in [0.1, 0.15) is 5.75 Å². The van der Waals surface area contributed by atoms with Crippen molar-refractivity contribution in [1.29, 1.82) is 0 Å². The molecule has 0 radical (unpaired) electrons. The second-order valence-corrected chi connectivity index (χ2v) is 9.35. The van der Waals surface area contributed by atoms with Crippen molar-refractivity contribution in [3.63, 3.8) is 0 Å². The Bertz CT molecular complexity index is 1160. The Kier molecular flexibility index (Phi) is 8.22. The minimum Gasteiger partial charge on any atom is -0.481 e. The summed E-state index contributed by atoms with van der Waals surface area (Å²) >= 11 is 0. The predicted molar refractivity (Wildman–Crippen MR) is 125 cm³/mol. The van der Waals surface area contributed by atoms with Crippen LogP contribution in [0.15, 0.2) is 54.6 Å². The van der Waals surface area contributed by atoms with E-state index in [0.717, 1.165) is 5.56 Å². The third-order valence-electron chi connectivity index (χ3n) is 4.90. The van der Waals surface area contributed by atoms with Crippen LogP contribution in [0.5, 0.6) is 23.5 Å². The highest BCUT2D eigenvalue weighted by Gasteiger charge is 2.37. The van der Waals surface area contributed by atoms with Crippen LogP contribution in [-0.2, 0) is 13.6 Å². The van der Waals surface area contributed by atoms with Gasteiger partial charge in [0, 0.05) is 14.2 Å². The second kappa shape index (κ2) is 11.1. The zero-order valence-electron chi connectivity index (χ0n) is 19.5. The number of hydrogen-bond donors (Lipinski definition) is 1. The average Bonchev–Trinajstić information content (AvgIpc) is 2.87. The summed E-state index contributed by atoms with van der Waals surface area (Å²) in [6, 6.07) is 15.1. The number of methoxy groups -OCH3 is 2. The van der Waals surface area contributed by atoms with E-state index in [1.807, 2.05) is 19.1 Å². The lowest BCUT2D eigenvalue weighted by Gasteiger charge is -2.26. The van der Waals surface area contributed by atoms with Crippen LogP contribution in [0.25, 0.3) is 0 Å². The van der Waals surface area contributed by atoms with Crippen LogP contribution in [0.2, 0.25) is 0 Å². The Morgan fingerprint density at radius 1 is 0.912 bits per heavy atom. The summed E-state index contributed by atoms with van der Waals surface area (Å²) in [5.74, 6) is -1.00. The van der Waals surface area contributed by atoms with Crippen LogP contribution in [-0.4, -0.2) is 44.3 Å². The van der Waals surface area contributed by atoms with Gasteiger partial charge in [-0.1, -0.05) is 42.0 Å². The molecule has 3 rings (SSSR count). The Labute approximate surface area is 197 Å². The van der Waals surface area contributed by atoms with Gasteiger partial charge < -0.3 is 28.6 Å². The van der Waals surface area contributed by atoms with Gasteiger partial charge in [-0.3, -0.25) is 9.36 Å². The molecule has 0 aliphatic carbocycles. The predicted octanol–water partition coefficient (Wildman–Crippen LogP) is 4.51. The van der Waals surface area contributed by atoms with E-state index in [1.165, 1.54) is 34.5 Å². The van der Waals surface area contributed by atoms with Gasteiger partial charge in [-0.25, -0.2) is 0 Å². The largest absolute Gasteiger partial charge is 0.481 e. The van der Waals surface area contributed by atoms with E-state index in [0.29, 0.717) is 5.56 Å². The van der Waals surface area contributed by atoms with Crippen molar-refractivity contribution < 1.29 is 32.6 Å². The number of nitrogens with one attached hydrogen (secondary N) is 1. The highest BCUT2D eigenvalue weighted by Crippen LogP contribution is 2.58. The molecule has 0 aliphatic heterocycles. The molecule has 1 atom stereocenters. The molecule has 0 saturated carbocycles. The number of carbonyl (C=O) groups is 1. The molecule has 1 aromatic heterocycles. The number of ether oxygens (including phenoxy) is 3. The number of aromatic nitrogens is 2. The molecule has 1 amide bonds. The molecule has 0 aliphatic rings. The maximum absolute atomic E-state index is 13.3. The first-order chi connectivity index (χ1) is 16.3. The standard InChI is InChI=1S/C23H26N3O7P/c1-15-10-12-16(13-11-15)22(34(28,31-4)32-5)26-21(27)17-8-6-7-9-18(17)33-23-24-19(29-2)14-20(25-23)30-3/h6-14,22H,1-5H3,(H,26,27). The highest BCUT2D eigenvalue weighted by molar-refractivity contribution is 7.54. The van der Waals surface area contributed by atoms with E-state index in [2.05, 4.69) is 15.3 Å². The molecular weight excluding hydrogens is 461 g/mol. The van der Waals surface area contributed by atoms with Crippen LogP contribution in [0.3, 0.4) is 0 Å². The Hall–Kier alpha value is -3.46. The van der Waals surface area contributed by atoms with Crippen LogP contribution in [0, 0.1) is 6.92 Å². The molecule has 3 aromatic rings. The SMILES string of the molecule is COc1cc(OC)nc(Oc2ccccc2C(=O)NC(c2ccc(C)cc2)P(=O)(OC)OC)n1. The number of amides is 1. The summed E-state index contributed by atoms with van der Waals surface area (Å²) in [6.45, 7) is 1.92. The molecule has 2 aromatic carbocycles. The lowest BCUT2D eigenvalue weighted by molar-refractivity contribution is 0.0938. The minimum absolute atomic E-state index is 0.0778. The summed E-state index contributed by atoms with van der Waals surface area (Å²) in [7, 11) is 1.69. The Morgan fingerprint density at radius 2 is 1.50 bits per heavy atom. The molecule has 1 heterocycles. The summed E-state index contributed by atoms with van der Waals surface area (Å²) in [5.41, 5.74) is 1.72. The first kappa shape index (κ1) is 25.2. The first-order valence-electron chi connectivity index (χ1n) is 10.2. The molecule has 10 nitrogen and oxygen atoms in total. The smallest absolute Gasteiger partial charge is 0.356 e. The molecule has 0 saturated heterocycles. The number of nitrogens with zero attached hydrogens (tertiary/aromatic N) is 2. The number of carbonyl (C=O) groups excluding carboxylic acids is 1. The zero-order valence-corrected chi connectivity index (χ0v) is 20.4. The maximum atomic E-state index is 13.3. The third-order valence-corrected chi connectivity index (χ3v) is 6.97. The molecule has 0 bridgehead atoms. The number of para-hydroxylation sites is 1. The topological polar surface area (TPSA) is 118 Å². The zero-order chi connectivity index (χ0) is 24.7. The van der Waals surface area contributed by atoms with E-state index in [4.69, 9.17) is 23.3 Å². The highest BCUT2D eigenvalue weighted by atomic mass is 31.2. The maximum Gasteiger partial charge on any atom is 0.356 e. The quantitative estimate of drug-likeness (QED) is 0.412. The van der Waals surface area contributed by atoms with E-state index in [-0.39, 0.29) is 29.1 Å². The fourth-order valence-corrected chi connectivity index (χ4v) is 4.44. The Balaban J connectivity index is 1.95. The number of aryl methyl sites for hydroxylation is 1. The molecule has 11 heteroatoms. The number of hydrogen-bond acceptors (Lipinski definition) is 9. The Morgan fingerprint density at radius 3 is 2.06 bits per heavy atom. The van der Waals surface area contributed by atoms with E-state index < -0.39 is 19.3 Å². The molecule has 34 heavy (non-hydrogen) atoms. The first-order valence-corrected chi connectivity index (χ1v) is 11.8. The van der Waals surface area contributed by atoms with Crippen molar-refractivity contribution in [1.82, 2.24) is 15.3 Å². The molecular formula is C23H26N3O7P. The van der Waals surface area contributed by atoms with Gasteiger partial charge >= 0.3 is 13.6 Å². The molecule has 180 valence electrons. The fourth-order valence-electron chi connectivity index (χ4n) is 3.06. The normalized spacial score (nSPS) is 12.0.